The van der Waals surface area contributed by atoms with E-state index in [1.54, 1.807) is 7.11 Å². The molecule has 122 valence electrons. The second-order valence-electron chi connectivity index (χ2n) is 5.89. The fraction of sp³-hybridized carbons (Fsp3) is 0.938. The third-order valence-corrected chi connectivity index (χ3v) is 3.57. The first-order chi connectivity index (χ1) is 10.2. The maximum atomic E-state index is 9.25. The van der Waals surface area contributed by atoms with Gasteiger partial charge in [0.05, 0.1) is 19.3 Å². The van der Waals surface area contributed by atoms with Crippen LogP contribution in [0.1, 0.15) is 45.4 Å². The number of ether oxygens (including phenoxy) is 3. The first-order valence-corrected chi connectivity index (χ1v) is 8.03. The molecule has 5 heteroatoms. The van der Waals surface area contributed by atoms with E-state index < -0.39 is 0 Å². The van der Waals surface area contributed by atoms with Crippen LogP contribution in [0.4, 0.5) is 0 Å². The first-order valence-electron chi connectivity index (χ1n) is 8.03. The molecule has 1 aliphatic rings. The lowest BCUT2D eigenvalue weighted by Crippen LogP contribution is -2.42. The van der Waals surface area contributed by atoms with Crippen LogP contribution in [-0.2, 0) is 14.2 Å². The molecular weight excluding hydrogens is 268 g/mol. The van der Waals surface area contributed by atoms with Gasteiger partial charge in [-0.05, 0) is 45.4 Å². The highest BCUT2D eigenvalue weighted by Crippen LogP contribution is 2.24. The van der Waals surface area contributed by atoms with Crippen LogP contribution in [0.5, 0.6) is 0 Å². The van der Waals surface area contributed by atoms with Crippen LogP contribution < -0.4 is 5.32 Å². The Morgan fingerprint density at radius 3 is 2.29 bits per heavy atom. The summed E-state index contributed by atoms with van der Waals surface area (Å²) in [6, 6.07) is 2.97. The fourth-order valence-corrected chi connectivity index (χ4v) is 2.15. The van der Waals surface area contributed by atoms with Gasteiger partial charge < -0.3 is 14.2 Å². The van der Waals surface area contributed by atoms with Gasteiger partial charge >= 0.3 is 0 Å². The molecule has 0 aromatic rings. The molecule has 0 aromatic carbocycles. The molecule has 0 heterocycles. The number of nitrogens with zero attached hydrogens (tertiary/aromatic N) is 1. The molecule has 5 nitrogen and oxygen atoms in total. The average Bonchev–Trinajstić information content (AvgIpc) is 3.28. The summed E-state index contributed by atoms with van der Waals surface area (Å²) in [5.41, 5.74) is -0.369. The van der Waals surface area contributed by atoms with Crippen molar-refractivity contribution in [1.82, 2.24) is 5.32 Å². The molecule has 0 amide bonds. The van der Waals surface area contributed by atoms with Crippen LogP contribution in [0, 0.1) is 11.3 Å². The predicted molar refractivity (Wildman–Crippen MR) is 82.2 cm³/mol. The zero-order valence-electron chi connectivity index (χ0n) is 13.5. The smallest absolute Gasteiger partial charge is 0.104 e. The average molecular weight is 298 g/mol. The molecule has 0 bridgehead atoms. The standard InChI is InChI=1S/C16H30N2O3/c1-16(14-17,18-15-6-7-15)8-3-4-10-20-12-13-21-11-5-9-19-2/h15,18H,3-13H2,1-2H3. The third-order valence-electron chi connectivity index (χ3n) is 3.57. The zero-order chi connectivity index (χ0) is 15.4. The summed E-state index contributed by atoms with van der Waals surface area (Å²) in [7, 11) is 1.70. The molecular formula is C16H30N2O3. The summed E-state index contributed by atoms with van der Waals surface area (Å²) in [5, 5.41) is 12.7. The van der Waals surface area contributed by atoms with Crippen molar-refractivity contribution in [3.8, 4) is 6.07 Å². The lowest BCUT2D eigenvalue weighted by atomic mass is 9.96. The SMILES string of the molecule is COCCCOCCOCCCCC(C)(C#N)NC1CC1. The minimum atomic E-state index is -0.369. The Morgan fingerprint density at radius 1 is 1.05 bits per heavy atom. The highest BCUT2D eigenvalue weighted by molar-refractivity contribution is 5.06. The minimum absolute atomic E-state index is 0.369. The molecule has 0 radical (unpaired) electrons. The molecule has 1 fully saturated rings. The second kappa shape index (κ2) is 11.0. The molecule has 1 atom stereocenters. The van der Waals surface area contributed by atoms with E-state index in [0.717, 1.165) is 45.5 Å². The number of hydrogen-bond donors (Lipinski definition) is 1. The zero-order valence-corrected chi connectivity index (χ0v) is 13.5. The number of rotatable bonds is 14. The molecule has 1 aliphatic carbocycles. The number of hydrogen-bond acceptors (Lipinski definition) is 5. The van der Waals surface area contributed by atoms with Gasteiger partial charge in [0.1, 0.15) is 5.54 Å². The molecule has 21 heavy (non-hydrogen) atoms. The van der Waals surface area contributed by atoms with Crippen molar-refractivity contribution in [1.29, 1.82) is 5.26 Å². The summed E-state index contributed by atoms with van der Waals surface area (Å²) in [6.07, 6.45) is 6.25. The highest BCUT2D eigenvalue weighted by atomic mass is 16.5. The summed E-state index contributed by atoms with van der Waals surface area (Å²) in [5.74, 6) is 0. The Morgan fingerprint density at radius 2 is 1.71 bits per heavy atom. The summed E-state index contributed by atoms with van der Waals surface area (Å²) in [4.78, 5) is 0. The molecule has 1 saturated carbocycles. The highest BCUT2D eigenvalue weighted by Gasteiger charge is 2.31. The maximum Gasteiger partial charge on any atom is 0.104 e. The van der Waals surface area contributed by atoms with E-state index in [4.69, 9.17) is 14.2 Å². The monoisotopic (exact) mass is 298 g/mol. The number of methoxy groups -OCH3 is 1. The van der Waals surface area contributed by atoms with Gasteiger partial charge in [0, 0.05) is 33.0 Å². The number of nitrogens with one attached hydrogen (secondary N) is 1. The second-order valence-corrected chi connectivity index (χ2v) is 5.89. The van der Waals surface area contributed by atoms with Crippen molar-refractivity contribution < 1.29 is 14.2 Å². The molecule has 1 rings (SSSR count). The van der Waals surface area contributed by atoms with Crippen LogP contribution in [0.3, 0.4) is 0 Å². The van der Waals surface area contributed by atoms with Gasteiger partial charge in [-0.1, -0.05) is 0 Å². The van der Waals surface area contributed by atoms with Crippen molar-refractivity contribution in [2.45, 2.75) is 57.0 Å². The van der Waals surface area contributed by atoms with Crippen LogP contribution in [0.2, 0.25) is 0 Å². The topological polar surface area (TPSA) is 63.5 Å². The third kappa shape index (κ3) is 9.81. The Hall–Kier alpha value is -0.670. The largest absolute Gasteiger partial charge is 0.385 e. The van der Waals surface area contributed by atoms with Gasteiger partial charge in [-0.3, -0.25) is 5.32 Å². The van der Waals surface area contributed by atoms with E-state index in [-0.39, 0.29) is 5.54 Å². The lowest BCUT2D eigenvalue weighted by Gasteiger charge is -2.23. The lowest BCUT2D eigenvalue weighted by molar-refractivity contribution is 0.0384. The molecule has 1 unspecified atom stereocenters. The van der Waals surface area contributed by atoms with Gasteiger partial charge in [0.25, 0.3) is 0 Å². The van der Waals surface area contributed by atoms with Crippen molar-refractivity contribution >= 4 is 0 Å². The van der Waals surface area contributed by atoms with Crippen molar-refractivity contribution in [2.75, 3.05) is 40.1 Å². The molecule has 0 spiro atoms. The van der Waals surface area contributed by atoms with Gasteiger partial charge in [0.15, 0.2) is 0 Å². The van der Waals surface area contributed by atoms with Crippen LogP contribution in [0.15, 0.2) is 0 Å². The van der Waals surface area contributed by atoms with Gasteiger partial charge in [-0.15, -0.1) is 0 Å². The Balaban J connectivity index is 1.86. The van der Waals surface area contributed by atoms with Crippen LogP contribution >= 0.6 is 0 Å². The summed E-state index contributed by atoms with van der Waals surface area (Å²) < 4.78 is 15.9. The quantitative estimate of drug-likeness (QED) is 0.498. The van der Waals surface area contributed by atoms with Crippen LogP contribution in [-0.4, -0.2) is 51.7 Å². The fourth-order valence-electron chi connectivity index (χ4n) is 2.15. The molecule has 0 saturated heterocycles. The van der Waals surface area contributed by atoms with E-state index in [0.29, 0.717) is 19.3 Å². The Kier molecular flexibility index (Phi) is 9.60. The normalized spacial score (nSPS) is 17.4. The van der Waals surface area contributed by atoms with Gasteiger partial charge in [0.2, 0.25) is 0 Å². The molecule has 1 N–H and O–H groups in total. The number of nitriles is 1. The predicted octanol–water partition coefficient (Wildman–Crippen LogP) is 2.26. The van der Waals surface area contributed by atoms with E-state index in [1.807, 2.05) is 6.92 Å². The van der Waals surface area contributed by atoms with Crippen molar-refractivity contribution in [3.05, 3.63) is 0 Å². The van der Waals surface area contributed by atoms with E-state index in [9.17, 15) is 5.26 Å². The van der Waals surface area contributed by atoms with E-state index in [1.165, 1.54) is 12.8 Å². The number of unbranched alkanes of at least 4 members (excludes halogenated alkanes) is 1. The van der Waals surface area contributed by atoms with E-state index in [2.05, 4.69) is 11.4 Å². The molecule has 0 aromatic heterocycles. The summed E-state index contributed by atoms with van der Waals surface area (Å²) >= 11 is 0. The van der Waals surface area contributed by atoms with Crippen molar-refractivity contribution in [3.63, 3.8) is 0 Å². The first kappa shape index (κ1) is 18.4. The summed E-state index contributed by atoms with van der Waals surface area (Å²) in [6.45, 7) is 5.50. The minimum Gasteiger partial charge on any atom is -0.385 e. The van der Waals surface area contributed by atoms with Gasteiger partial charge in [-0.2, -0.15) is 5.26 Å². The Labute approximate surface area is 128 Å². The molecule has 0 aliphatic heterocycles. The Bertz CT molecular complexity index is 302. The van der Waals surface area contributed by atoms with E-state index >= 15 is 0 Å². The maximum absolute atomic E-state index is 9.25. The van der Waals surface area contributed by atoms with Crippen molar-refractivity contribution in [2.24, 2.45) is 0 Å². The van der Waals surface area contributed by atoms with Crippen LogP contribution in [0.25, 0.3) is 0 Å². The van der Waals surface area contributed by atoms with Gasteiger partial charge in [-0.25, -0.2) is 0 Å².